The number of rotatable bonds is 6. The molecule has 9 heteroatoms. The van der Waals surface area contributed by atoms with Gasteiger partial charge in [-0.1, -0.05) is 5.21 Å². The standard InChI is InChI=1S/C14H19N7O2/c1-2-3-5-14(17-18-14)6-4-11(22)21-9-7-13(23,8-10-21)12-15-19-20-16-12/h1,23H,3-10H2,(H,15,16,19,20). The Labute approximate surface area is 133 Å². The van der Waals surface area contributed by atoms with E-state index in [2.05, 4.69) is 36.8 Å². The number of terminal acetylenes is 1. The fraction of sp³-hybridized carbons (Fsp3) is 0.714. The molecule has 0 spiro atoms. The van der Waals surface area contributed by atoms with Crippen molar-refractivity contribution in [3.05, 3.63) is 5.82 Å². The Morgan fingerprint density at radius 3 is 2.65 bits per heavy atom. The Morgan fingerprint density at radius 1 is 1.35 bits per heavy atom. The number of aromatic amines is 1. The maximum atomic E-state index is 12.3. The number of carbonyl (C=O) groups excluding carboxylic acids is 1. The van der Waals surface area contributed by atoms with Crippen LogP contribution in [0.15, 0.2) is 10.2 Å². The van der Waals surface area contributed by atoms with Crippen molar-refractivity contribution in [2.24, 2.45) is 10.2 Å². The average Bonchev–Trinajstić information content (AvgIpc) is 3.10. The van der Waals surface area contributed by atoms with Crippen molar-refractivity contribution >= 4 is 5.91 Å². The molecule has 1 aromatic rings. The first kappa shape index (κ1) is 15.6. The predicted octanol–water partition coefficient (Wildman–Crippen LogP) is 0.365. The van der Waals surface area contributed by atoms with Crippen LogP contribution < -0.4 is 0 Å². The summed E-state index contributed by atoms with van der Waals surface area (Å²) < 4.78 is 0. The lowest BCUT2D eigenvalue weighted by molar-refractivity contribution is -0.136. The zero-order valence-electron chi connectivity index (χ0n) is 12.8. The van der Waals surface area contributed by atoms with Gasteiger partial charge >= 0.3 is 0 Å². The van der Waals surface area contributed by atoms with Crippen LogP contribution in [-0.4, -0.2) is 55.3 Å². The van der Waals surface area contributed by atoms with E-state index in [0.29, 0.717) is 51.6 Å². The van der Waals surface area contributed by atoms with Crippen LogP contribution in [0.3, 0.4) is 0 Å². The Balaban J connectivity index is 1.46. The van der Waals surface area contributed by atoms with Crippen LogP contribution in [0.2, 0.25) is 0 Å². The zero-order valence-corrected chi connectivity index (χ0v) is 12.8. The second-order valence-corrected chi connectivity index (χ2v) is 6.03. The van der Waals surface area contributed by atoms with E-state index in [1.807, 2.05) is 0 Å². The monoisotopic (exact) mass is 317 g/mol. The predicted molar refractivity (Wildman–Crippen MR) is 78.8 cm³/mol. The van der Waals surface area contributed by atoms with Crippen molar-refractivity contribution < 1.29 is 9.90 Å². The lowest BCUT2D eigenvalue weighted by Crippen LogP contribution is -2.45. The Kier molecular flexibility index (Phi) is 4.09. The van der Waals surface area contributed by atoms with E-state index in [-0.39, 0.29) is 11.7 Å². The molecule has 0 atom stereocenters. The number of hydrogen-bond donors (Lipinski definition) is 2. The van der Waals surface area contributed by atoms with Gasteiger partial charge in [0.15, 0.2) is 5.66 Å². The number of hydrogen-bond acceptors (Lipinski definition) is 7. The minimum absolute atomic E-state index is 0.0533. The molecule has 9 nitrogen and oxygen atoms in total. The smallest absolute Gasteiger partial charge is 0.222 e. The van der Waals surface area contributed by atoms with Crippen molar-refractivity contribution in [3.8, 4) is 12.3 Å². The molecular weight excluding hydrogens is 298 g/mol. The Hall–Kier alpha value is -2.34. The Morgan fingerprint density at radius 2 is 2.09 bits per heavy atom. The van der Waals surface area contributed by atoms with Gasteiger partial charge in [0.2, 0.25) is 11.7 Å². The number of nitrogens with zero attached hydrogens (tertiary/aromatic N) is 6. The van der Waals surface area contributed by atoms with E-state index < -0.39 is 11.3 Å². The second-order valence-electron chi connectivity index (χ2n) is 6.03. The van der Waals surface area contributed by atoms with E-state index in [9.17, 15) is 9.90 Å². The fourth-order valence-corrected chi connectivity index (χ4v) is 2.84. The van der Waals surface area contributed by atoms with Gasteiger partial charge in [-0.25, -0.2) is 0 Å². The molecule has 1 saturated heterocycles. The van der Waals surface area contributed by atoms with Gasteiger partial charge in [-0.15, -0.1) is 22.5 Å². The third-order valence-electron chi connectivity index (χ3n) is 4.50. The van der Waals surface area contributed by atoms with Gasteiger partial charge in [-0.3, -0.25) is 4.79 Å². The van der Waals surface area contributed by atoms with E-state index in [4.69, 9.17) is 6.42 Å². The van der Waals surface area contributed by atoms with Gasteiger partial charge in [-0.05, 0) is 0 Å². The average molecular weight is 317 g/mol. The summed E-state index contributed by atoms with van der Waals surface area (Å²) >= 11 is 0. The number of carbonyl (C=O) groups is 1. The van der Waals surface area contributed by atoms with Crippen molar-refractivity contribution in [1.29, 1.82) is 0 Å². The number of nitrogens with one attached hydrogen (secondary N) is 1. The number of aromatic nitrogens is 4. The van der Waals surface area contributed by atoms with Crippen LogP contribution in [0.5, 0.6) is 0 Å². The first-order valence-corrected chi connectivity index (χ1v) is 7.69. The Bertz CT molecular complexity index is 620. The van der Waals surface area contributed by atoms with Crippen molar-refractivity contribution in [1.82, 2.24) is 25.5 Å². The molecule has 1 fully saturated rings. The zero-order chi connectivity index (χ0) is 16.3. The van der Waals surface area contributed by atoms with Crippen LogP contribution in [-0.2, 0) is 10.4 Å². The van der Waals surface area contributed by atoms with Crippen molar-refractivity contribution in [2.45, 2.75) is 49.8 Å². The summed E-state index contributed by atoms with van der Waals surface area (Å²) in [7, 11) is 0. The summed E-state index contributed by atoms with van der Waals surface area (Å²) in [6, 6.07) is 0. The first-order valence-electron chi connectivity index (χ1n) is 7.69. The lowest BCUT2D eigenvalue weighted by atomic mass is 9.90. The summed E-state index contributed by atoms with van der Waals surface area (Å²) in [6.45, 7) is 0.936. The summed E-state index contributed by atoms with van der Waals surface area (Å²) in [5.74, 6) is 2.91. The molecule has 2 aliphatic rings. The molecule has 0 bridgehead atoms. The minimum Gasteiger partial charge on any atom is -0.382 e. The highest BCUT2D eigenvalue weighted by Gasteiger charge is 2.41. The molecule has 0 unspecified atom stereocenters. The number of amides is 1. The molecule has 3 rings (SSSR count). The topological polar surface area (TPSA) is 120 Å². The highest BCUT2D eigenvalue weighted by atomic mass is 16.3. The molecule has 0 aromatic carbocycles. The lowest BCUT2D eigenvalue weighted by Gasteiger charge is -2.36. The van der Waals surface area contributed by atoms with Gasteiger partial charge in [0, 0.05) is 51.6 Å². The molecule has 0 radical (unpaired) electrons. The fourth-order valence-electron chi connectivity index (χ4n) is 2.84. The van der Waals surface area contributed by atoms with Gasteiger partial charge in [0.05, 0.1) is 0 Å². The highest BCUT2D eigenvalue weighted by Crippen LogP contribution is 2.38. The van der Waals surface area contributed by atoms with Gasteiger partial charge in [-0.2, -0.15) is 15.4 Å². The van der Waals surface area contributed by atoms with Crippen LogP contribution in [0, 0.1) is 12.3 Å². The van der Waals surface area contributed by atoms with Crippen LogP contribution >= 0.6 is 0 Å². The third-order valence-corrected chi connectivity index (χ3v) is 4.50. The maximum absolute atomic E-state index is 12.3. The van der Waals surface area contributed by atoms with Crippen LogP contribution in [0.1, 0.15) is 44.3 Å². The normalized spacial score (nSPS) is 21.0. The van der Waals surface area contributed by atoms with Gasteiger partial charge < -0.3 is 10.0 Å². The number of H-pyrrole nitrogens is 1. The molecule has 2 N–H and O–H groups in total. The largest absolute Gasteiger partial charge is 0.382 e. The highest BCUT2D eigenvalue weighted by molar-refractivity contribution is 5.76. The summed E-state index contributed by atoms with van der Waals surface area (Å²) in [4.78, 5) is 14.1. The minimum atomic E-state index is -1.11. The van der Waals surface area contributed by atoms with Crippen LogP contribution in [0.25, 0.3) is 0 Å². The van der Waals surface area contributed by atoms with Crippen molar-refractivity contribution in [2.75, 3.05) is 13.1 Å². The first-order chi connectivity index (χ1) is 11.1. The van der Waals surface area contributed by atoms with Crippen LogP contribution in [0.4, 0.5) is 0 Å². The molecule has 0 aliphatic carbocycles. The SMILES string of the molecule is C#CCCC1(CCC(=O)N2CCC(O)(c3nn[nH]n3)CC2)N=N1. The molecule has 2 aliphatic heterocycles. The number of aliphatic hydroxyl groups is 1. The maximum Gasteiger partial charge on any atom is 0.222 e. The molecule has 1 aromatic heterocycles. The van der Waals surface area contributed by atoms with Crippen molar-refractivity contribution in [3.63, 3.8) is 0 Å². The number of tetrazole rings is 1. The summed E-state index contributed by atoms with van der Waals surface area (Å²) in [5, 5.41) is 32.1. The summed E-state index contributed by atoms with van der Waals surface area (Å²) in [6.07, 6.45) is 8.35. The van der Waals surface area contributed by atoms with E-state index in [1.165, 1.54) is 0 Å². The molecule has 1 amide bonds. The van der Waals surface area contributed by atoms with E-state index in [0.717, 1.165) is 0 Å². The third kappa shape index (κ3) is 3.37. The second kappa shape index (κ2) is 6.04. The quantitative estimate of drug-likeness (QED) is 0.734. The van der Waals surface area contributed by atoms with Gasteiger partial charge in [0.25, 0.3) is 0 Å². The molecule has 122 valence electrons. The van der Waals surface area contributed by atoms with Gasteiger partial charge in [0.1, 0.15) is 5.60 Å². The van der Waals surface area contributed by atoms with E-state index in [1.54, 1.807) is 4.90 Å². The molecule has 3 heterocycles. The van der Waals surface area contributed by atoms with E-state index >= 15 is 0 Å². The molecule has 0 saturated carbocycles. The molecular formula is C14H19N7O2. The summed E-state index contributed by atoms with van der Waals surface area (Å²) in [5.41, 5.74) is -1.54. The number of piperidine rings is 1. The molecule has 23 heavy (non-hydrogen) atoms. The number of likely N-dealkylation sites (tertiary alicyclic amines) is 1.